The lowest BCUT2D eigenvalue weighted by atomic mass is 10.3. The van der Waals surface area contributed by atoms with E-state index in [1.807, 2.05) is 0 Å². The van der Waals surface area contributed by atoms with E-state index >= 15 is 0 Å². The molecule has 118 valence electrons. The number of fused-ring (bicyclic) bond motifs is 1. The summed E-state index contributed by atoms with van der Waals surface area (Å²) in [5.74, 6) is 0.0111. The Morgan fingerprint density at radius 2 is 1.96 bits per heavy atom. The van der Waals surface area contributed by atoms with Crippen LogP contribution in [0.5, 0.6) is 0 Å². The molecule has 0 bridgehead atoms. The fourth-order valence-electron chi connectivity index (χ4n) is 1.98. The molecular weight excluding hydrogens is 311 g/mol. The van der Waals surface area contributed by atoms with Gasteiger partial charge in [0.2, 0.25) is 0 Å². The predicted octanol–water partition coefficient (Wildman–Crippen LogP) is 3.62. The summed E-state index contributed by atoms with van der Waals surface area (Å²) in [6, 6.07) is 3.04. The number of carbonyl (C=O) groups excluding carboxylic acids is 1. The zero-order chi connectivity index (χ0) is 16.4. The Balaban J connectivity index is 1.70. The molecule has 3 N–H and O–H groups in total. The van der Waals surface area contributed by atoms with Crippen LogP contribution in [0.2, 0.25) is 0 Å². The van der Waals surface area contributed by atoms with Crippen LogP contribution in [0.4, 0.5) is 29.5 Å². The van der Waals surface area contributed by atoms with Crippen LogP contribution in [-0.2, 0) is 6.18 Å². The monoisotopic (exact) mass is 321 g/mol. The molecule has 0 saturated heterocycles. The molecule has 0 unspecified atom stereocenters. The first-order valence-electron chi connectivity index (χ1n) is 6.46. The van der Waals surface area contributed by atoms with Gasteiger partial charge in [0, 0.05) is 24.0 Å². The molecule has 0 aliphatic heterocycles. The third-order valence-corrected chi connectivity index (χ3v) is 3.06. The fraction of sp³-hybridized carbons (Fsp3) is 0.0714. The van der Waals surface area contributed by atoms with Gasteiger partial charge in [-0.1, -0.05) is 0 Å². The number of carbonyl (C=O) groups is 1. The molecule has 0 fully saturated rings. The van der Waals surface area contributed by atoms with Gasteiger partial charge < -0.3 is 10.3 Å². The summed E-state index contributed by atoms with van der Waals surface area (Å²) in [5, 5.41) is 5.71. The minimum absolute atomic E-state index is 0.0111. The first-order valence-corrected chi connectivity index (χ1v) is 6.46. The minimum Gasteiger partial charge on any atom is -0.358 e. The second-order valence-corrected chi connectivity index (χ2v) is 4.63. The van der Waals surface area contributed by atoms with Crippen molar-refractivity contribution in [3.63, 3.8) is 0 Å². The number of pyridine rings is 2. The van der Waals surface area contributed by atoms with Crippen LogP contribution >= 0.6 is 0 Å². The molecule has 9 heteroatoms. The van der Waals surface area contributed by atoms with Crippen LogP contribution in [0.1, 0.15) is 5.56 Å². The molecule has 0 atom stereocenters. The average molecular weight is 321 g/mol. The standard InChI is InChI=1S/C14H10F3N5O/c15-14(16,17)8-1-2-12(20-5-8)22-13(23)21-11-7-19-10-6-18-4-3-9(10)11/h1-7,19H,(H2,20,21,22,23). The molecule has 0 radical (unpaired) electrons. The summed E-state index contributed by atoms with van der Waals surface area (Å²) in [6.45, 7) is 0. The summed E-state index contributed by atoms with van der Waals surface area (Å²) in [4.78, 5) is 22.3. The highest BCUT2D eigenvalue weighted by molar-refractivity contribution is 6.05. The van der Waals surface area contributed by atoms with Crippen molar-refractivity contribution in [1.29, 1.82) is 0 Å². The van der Waals surface area contributed by atoms with Crippen molar-refractivity contribution in [2.45, 2.75) is 6.18 Å². The van der Waals surface area contributed by atoms with Crippen molar-refractivity contribution in [2.75, 3.05) is 10.6 Å². The number of nitrogens with one attached hydrogen (secondary N) is 3. The average Bonchev–Trinajstić information content (AvgIpc) is 2.90. The number of nitrogens with zero attached hydrogens (tertiary/aromatic N) is 2. The van der Waals surface area contributed by atoms with E-state index in [1.165, 1.54) is 0 Å². The van der Waals surface area contributed by atoms with Crippen molar-refractivity contribution in [2.24, 2.45) is 0 Å². The molecule has 0 spiro atoms. The van der Waals surface area contributed by atoms with Crippen molar-refractivity contribution >= 4 is 28.4 Å². The molecular formula is C14H10F3N5O. The van der Waals surface area contributed by atoms with Gasteiger partial charge in [-0.3, -0.25) is 10.3 Å². The van der Waals surface area contributed by atoms with Gasteiger partial charge in [0.05, 0.1) is 23.0 Å². The summed E-state index contributed by atoms with van der Waals surface area (Å²) in [5.41, 5.74) is 0.384. The molecule has 0 saturated carbocycles. The zero-order valence-corrected chi connectivity index (χ0v) is 11.5. The van der Waals surface area contributed by atoms with E-state index in [2.05, 4.69) is 25.6 Å². The van der Waals surface area contributed by atoms with Gasteiger partial charge in [-0.25, -0.2) is 9.78 Å². The fourth-order valence-corrected chi connectivity index (χ4v) is 1.98. The van der Waals surface area contributed by atoms with Crippen LogP contribution in [0, 0.1) is 0 Å². The van der Waals surface area contributed by atoms with Crippen molar-refractivity contribution < 1.29 is 18.0 Å². The maximum atomic E-state index is 12.4. The van der Waals surface area contributed by atoms with Crippen molar-refractivity contribution in [3.05, 3.63) is 48.5 Å². The maximum absolute atomic E-state index is 12.4. The number of urea groups is 1. The normalized spacial score (nSPS) is 11.4. The number of hydrogen-bond donors (Lipinski definition) is 3. The van der Waals surface area contributed by atoms with Gasteiger partial charge in [0.1, 0.15) is 5.82 Å². The van der Waals surface area contributed by atoms with E-state index in [0.29, 0.717) is 11.9 Å². The van der Waals surface area contributed by atoms with E-state index < -0.39 is 17.8 Å². The number of amides is 2. The second kappa shape index (κ2) is 5.59. The van der Waals surface area contributed by atoms with Crippen LogP contribution in [0.15, 0.2) is 43.0 Å². The van der Waals surface area contributed by atoms with Crippen LogP contribution in [0.3, 0.4) is 0 Å². The Hall–Kier alpha value is -3.10. The molecule has 0 aliphatic carbocycles. The predicted molar refractivity (Wildman–Crippen MR) is 78.0 cm³/mol. The topological polar surface area (TPSA) is 82.7 Å². The van der Waals surface area contributed by atoms with Crippen molar-refractivity contribution in [1.82, 2.24) is 15.0 Å². The van der Waals surface area contributed by atoms with E-state index in [0.717, 1.165) is 23.0 Å². The smallest absolute Gasteiger partial charge is 0.358 e. The number of hydrogen-bond acceptors (Lipinski definition) is 3. The second-order valence-electron chi connectivity index (χ2n) is 4.63. The third-order valence-electron chi connectivity index (χ3n) is 3.06. The van der Waals surface area contributed by atoms with E-state index in [4.69, 9.17) is 0 Å². The number of H-pyrrole nitrogens is 1. The summed E-state index contributed by atoms with van der Waals surface area (Å²) < 4.78 is 37.3. The number of halogens is 3. The summed E-state index contributed by atoms with van der Waals surface area (Å²) in [6.07, 6.45) is 0.970. The quantitative estimate of drug-likeness (QED) is 0.674. The lowest BCUT2D eigenvalue weighted by Gasteiger charge is -2.08. The van der Waals surface area contributed by atoms with Crippen LogP contribution in [-0.4, -0.2) is 21.0 Å². The first kappa shape index (κ1) is 14.8. The number of alkyl halides is 3. The lowest BCUT2D eigenvalue weighted by molar-refractivity contribution is -0.137. The van der Waals surface area contributed by atoms with E-state index in [9.17, 15) is 18.0 Å². The van der Waals surface area contributed by atoms with Gasteiger partial charge in [0.25, 0.3) is 0 Å². The highest BCUT2D eigenvalue weighted by Gasteiger charge is 2.30. The SMILES string of the molecule is O=C(Nc1ccc(C(F)(F)F)cn1)Nc1c[nH]c2cnccc12. The zero-order valence-electron chi connectivity index (χ0n) is 11.5. The molecule has 0 aromatic carbocycles. The first-order chi connectivity index (χ1) is 10.9. The van der Waals surface area contributed by atoms with Crippen LogP contribution < -0.4 is 10.6 Å². The molecule has 23 heavy (non-hydrogen) atoms. The lowest BCUT2D eigenvalue weighted by Crippen LogP contribution is -2.20. The molecule has 3 aromatic heterocycles. The van der Waals surface area contributed by atoms with Crippen LogP contribution in [0.25, 0.3) is 10.9 Å². The Morgan fingerprint density at radius 3 is 2.65 bits per heavy atom. The van der Waals surface area contributed by atoms with Gasteiger partial charge in [0.15, 0.2) is 0 Å². The molecule has 3 heterocycles. The maximum Gasteiger partial charge on any atom is 0.417 e. The van der Waals surface area contributed by atoms with Gasteiger partial charge in [-0.15, -0.1) is 0 Å². The largest absolute Gasteiger partial charge is 0.417 e. The van der Waals surface area contributed by atoms with Gasteiger partial charge >= 0.3 is 12.2 Å². The third kappa shape index (κ3) is 3.23. The number of anilines is 2. The Morgan fingerprint density at radius 1 is 1.13 bits per heavy atom. The van der Waals surface area contributed by atoms with E-state index in [1.54, 1.807) is 24.7 Å². The summed E-state index contributed by atoms with van der Waals surface area (Å²) in [7, 11) is 0. The Kier molecular flexibility index (Phi) is 3.61. The molecule has 6 nitrogen and oxygen atoms in total. The van der Waals surface area contributed by atoms with E-state index in [-0.39, 0.29) is 5.82 Å². The van der Waals surface area contributed by atoms with Crippen molar-refractivity contribution in [3.8, 4) is 0 Å². The van der Waals surface area contributed by atoms with Gasteiger partial charge in [-0.2, -0.15) is 13.2 Å². The Bertz CT molecular complexity index is 841. The number of aromatic amines is 1. The minimum atomic E-state index is -4.47. The molecule has 2 amide bonds. The highest BCUT2D eigenvalue weighted by atomic mass is 19.4. The summed E-state index contributed by atoms with van der Waals surface area (Å²) >= 11 is 0. The number of aromatic nitrogens is 3. The highest BCUT2D eigenvalue weighted by Crippen LogP contribution is 2.29. The van der Waals surface area contributed by atoms with Gasteiger partial charge in [-0.05, 0) is 18.2 Å². The molecule has 3 aromatic rings. The molecule has 3 rings (SSSR count). The number of rotatable bonds is 2. The Labute approximate surface area is 127 Å². The molecule has 0 aliphatic rings.